The first-order valence-corrected chi connectivity index (χ1v) is 16.6. The molecular formula is C36H53N3O5. The van der Waals surface area contributed by atoms with Gasteiger partial charge in [0.25, 0.3) is 0 Å². The second kappa shape index (κ2) is 14.4. The van der Waals surface area contributed by atoms with Gasteiger partial charge in [-0.3, -0.25) is 14.4 Å². The second-order valence-corrected chi connectivity index (χ2v) is 13.3. The molecule has 1 N–H and O–H groups in total. The van der Waals surface area contributed by atoms with Crippen LogP contribution in [0.2, 0.25) is 0 Å². The number of hydrogen-bond donors (Lipinski definition) is 1. The third-order valence-electron chi connectivity index (χ3n) is 10.3. The van der Waals surface area contributed by atoms with Crippen LogP contribution in [0.4, 0.5) is 0 Å². The molecule has 1 aromatic rings. The third-order valence-corrected chi connectivity index (χ3v) is 10.3. The predicted octanol–water partition coefficient (Wildman–Crippen LogP) is 4.97. The quantitative estimate of drug-likeness (QED) is 0.200. The van der Waals surface area contributed by atoms with Crippen LogP contribution in [0.5, 0.6) is 0 Å². The number of unbranched alkanes of at least 4 members (excludes halogenated alkanes) is 3. The number of carbonyl (C=O) groups excluding carboxylic acids is 3. The molecule has 0 aliphatic carbocycles. The first-order valence-electron chi connectivity index (χ1n) is 16.6. The van der Waals surface area contributed by atoms with Crippen LogP contribution in [0.15, 0.2) is 55.6 Å². The largest absolute Gasteiger partial charge is 0.396 e. The van der Waals surface area contributed by atoms with Crippen LogP contribution in [0.25, 0.3) is 0 Å². The van der Waals surface area contributed by atoms with E-state index in [0.29, 0.717) is 45.4 Å². The standard InChI is InChI=1S/C36H53N3O5/c1-7-17-27(5)38(21-9-3)34(43)31-36-24-26(4)35(6,44-36)29(30(36)33(42)39(31)22-15-10-11-16-23-40)32(41)37(20-8-2)25-28-18-13-12-14-19-28/h8-9,12-14,18-19,26-27,29-31,40H,2-3,7,10-11,15-17,20-25H2,1,4-6H3/t26?,27?,29-,30-,31?,35+,36?/m0/s1. The molecule has 44 heavy (non-hydrogen) atoms. The molecule has 4 unspecified atom stereocenters. The molecule has 3 aliphatic heterocycles. The molecule has 8 heteroatoms. The summed E-state index contributed by atoms with van der Waals surface area (Å²) in [6.07, 6.45) is 8.89. The first kappa shape index (κ1) is 33.9. The Kier molecular flexibility index (Phi) is 11.1. The van der Waals surface area contributed by atoms with Crippen molar-refractivity contribution in [3.05, 3.63) is 61.2 Å². The molecule has 1 aromatic carbocycles. The average Bonchev–Trinajstić information content (AvgIpc) is 3.51. The van der Waals surface area contributed by atoms with Crippen molar-refractivity contribution in [2.75, 3.05) is 26.2 Å². The van der Waals surface area contributed by atoms with Gasteiger partial charge in [0.1, 0.15) is 11.6 Å². The summed E-state index contributed by atoms with van der Waals surface area (Å²) in [7, 11) is 0. The summed E-state index contributed by atoms with van der Waals surface area (Å²) < 4.78 is 7.00. The zero-order valence-electron chi connectivity index (χ0n) is 27.2. The lowest BCUT2D eigenvalue weighted by Crippen LogP contribution is -2.58. The van der Waals surface area contributed by atoms with E-state index in [2.05, 4.69) is 33.9 Å². The van der Waals surface area contributed by atoms with Crippen LogP contribution in [-0.2, 0) is 25.7 Å². The van der Waals surface area contributed by atoms with Crippen molar-refractivity contribution in [1.29, 1.82) is 0 Å². The maximum Gasteiger partial charge on any atom is 0.248 e. The van der Waals surface area contributed by atoms with Gasteiger partial charge >= 0.3 is 0 Å². The third kappa shape index (κ3) is 6.12. The summed E-state index contributed by atoms with van der Waals surface area (Å²) in [6.45, 7) is 17.7. The van der Waals surface area contributed by atoms with Crippen LogP contribution in [-0.4, -0.2) is 87.1 Å². The van der Waals surface area contributed by atoms with Crippen LogP contribution in [0.3, 0.4) is 0 Å². The normalized spacial score (nSPS) is 29.4. The number of hydrogen-bond acceptors (Lipinski definition) is 5. The fourth-order valence-electron chi connectivity index (χ4n) is 8.13. The fourth-order valence-corrected chi connectivity index (χ4v) is 8.13. The number of rotatable bonds is 17. The molecule has 2 bridgehead atoms. The zero-order chi connectivity index (χ0) is 32.1. The van der Waals surface area contributed by atoms with Crippen molar-refractivity contribution in [2.45, 2.75) is 102 Å². The number of amides is 3. The van der Waals surface area contributed by atoms with E-state index >= 15 is 0 Å². The highest BCUT2D eigenvalue weighted by atomic mass is 16.5. The summed E-state index contributed by atoms with van der Waals surface area (Å²) in [6, 6.07) is 9.01. The molecular weight excluding hydrogens is 554 g/mol. The molecule has 8 nitrogen and oxygen atoms in total. The van der Waals surface area contributed by atoms with Crippen LogP contribution in [0, 0.1) is 17.8 Å². The average molecular weight is 608 g/mol. The van der Waals surface area contributed by atoms with Crippen molar-refractivity contribution >= 4 is 17.7 Å². The van der Waals surface area contributed by atoms with Gasteiger partial charge in [0.2, 0.25) is 17.7 Å². The Bertz CT molecular complexity index is 1190. The molecule has 242 valence electrons. The monoisotopic (exact) mass is 607 g/mol. The highest BCUT2D eigenvalue weighted by Crippen LogP contribution is 2.65. The molecule has 3 fully saturated rings. The SMILES string of the molecule is C=CCN(Cc1ccccc1)C(=O)[C@@H]1[C@H]2C(=O)N(CCCCCCO)C(C(=O)N(CC=C)C(C)CCC)C23CC(C)[C@@]1(C)O3. The number of fused-ring (bicyclic) bond motifs is 1. The molecule has 0 radical (unpaired) electrons. The number of carbonyl (C=O) groups is 3. The predicted molar refractivity (Wildman–Crippen MR) is 172 cm³/mol. The second-order valence-electron chi connectivity index (χ2n) is 13.3. The van der Waals surface area contributed by atoms with Gasteiger partial charge in [-0.2, -0.15) is 0 Å². The van der Waals surface area contributed by atoms with Gasteiger partial charge in [-0.1, -0.05) is 75.6 Å². The molecule has 3 saturated heterocycles. The Morgan fingerprint density at radius 3 is 2.43 bits per heavy atom. The minimum atomic E-state index is -1.08. The number of nitrogens with zero attached hydrogens (tertiary/aromatic N) is 3. The molecule has 1 spiro atoms. The summed E-state index contributed by atoms with van der Waals surface area (Å²) >= 11 is 0. The van der Waals surface area contributed by atoms with E-state index in [-0.39, 0.29) is 36.3 Å². The smallest absolute Gasteiger partial charge is 0.248 e. The molecule has 3 aliphatic rings. The van der Waals surface area contributed by atoms with Crippen molar-refractivity contribution in [2.24, 2.45) is 17.8 Å². The summed E-state index contributed by atoms with van der Waals surface area (Å²) in [5.74, 6) is -1.87. The van der Waals surface area contributed by atoms with Gasteiger partial charge < -0.3 is 24.5 Å². The van der Waals surface area contributed by atoms with Crippen molar-refractivity contribution in [3.8, 4) is 0 Å². The van der Waals surface area contributed by atoms with E-state index in [9.17, 15) is 19.5 Å². The van der Waals surface area contributed by atoms with E-state index < -0.39 is 29.1 Å². The van der Waals surface area contributed by atoms with Gasteiger partial charge in [0, 0.05) is 38.8 Å². The highest BCUT2D eigenvalue weighted by Gasteiger charge is 2.80. The Balaban J connectivity index is 1.75. The van der Waals surface area contributed by atoms with E-state index in [1.165, 1.54) is 0 Å². The lowest BCUT2D eigenvalue weighted by molar-refractivity contribution is -0.155. The summed E-state index contributed by atoms with van der Waals surface area (Å²) in [4.78, 5) is 49.3. The maximum atomic E-state index is 14.7. The number of ether oxygens (including phenoxy) is 1. The van der Waals surface area contributed by atoms with Crippen molar-refractivity contribution in [3.63, 3.8) is 0 Å². The number of aliphatic hydroxyl groups is 1. The fraction of sp³-hybridized carbons (Fsp3) is 0.639. The Labute approximate surface area is 264 Å². The Hall–Kier alpha value is -2.97. The van der Waals surface area contributed by atoms with E-state index in [0.717, 1.165) is 31.2 Å². The van der Waals surface area contributed by atoms with Gasteiger partial charge in [0.05, 0.1) is 17.4 Å². The van der Waals surface area contributed by atoms with Crippen molar-refractivity contribution in [1.82, 2.24) is 14.7 Å². The minimum absolute atomic E-state index is 0.0245. The van der Waals surface area contributed by atoms with Crippen LogP contribution >= 0.6 is 0 Å². The zero-order valence-corrected chi connectivity index (χ0v) is 27.2. The van der Waals surface area contributed by atoms with E-state index in [1.807, 2.05) is 42.2 Å². The number of likely N-dealkylation sites (tertiary alicyclic amines) is 1. The molecule has 3 amide bonds. The van der Waals surface area contributed by atoms with E-state index in [1.54, 1.807) is 22.0 Å². The van der Waals surface area contributed by atoms with Gasteiger partial charge in [-0.25, -0.2) is 0 Å². The molecule has 3 heterocycles. The molecule has 0 aromatic heterocycles. The number of aliphatic hydroxyl groups excluding tert-OH is 1. The number of benzene rings is 1. The molecule has 7 atom stereocenters. The Morgan fingerprint density at radius 2 is 1.80 bits per heavy atom. The van der Waals surface area contributed by atoms with Crippen LogP contribution in [0.1, 0.15) is 78.2 Å². The summed E-state index contributed by atoms with van der Waals surface area (Å²) in [5.41, 5.74) is -0.955. The summed E-state index contributed by atoms with van der Waals surface area (Å²) in [5, 5.41) is 9.25. The van der Waals surface area contributed by atoms with Gasteiger partial charge in [-0.05, 0) is 51.0 Å². The highest BCUT2D eigenvalue weighted by molar-refractivity contribution is 5.99. The first-order chi connectivity index (χ1) is 21.1. The lowest BCUT2D eigenvalue weighted by Gasteiger charge is -2.40. The minimum Gasteiger partial charge on any atom is -0.396 e. The van der Waals surface area contributed by atoms with E-state index in [4.69, 9.17) is 4.74 Å². The van der Waals surface area contributed by atoms with Crippen LogP contribution < -0.4 is 0 Å². The molecule has 0 saturated carbocycles. The topological polar surface area (TPSA) is 90.4 Å². The van der Waals surface area contributed by atoms with Gasteiger partial charge in [-0.15, -0.1) is 13.2 Å². The maximum absolute atomic E-state index is 14.7. The lowest BCUT2D eigenvalue weighted by atomic mass is 9.62. The Morgan fingerprint density at radius 1 is 1.11 bits per heavy atom. The van der Waals surface area contributed by atoms with Gasteiger partial charge in [0.15, 0.2) is 0 Å². The van der Waals surface area contributed by atoms with Crippen molar-refractivity contribution < 1.29 is 24.2 Å². The molecule has 4 rings (SSSR count).